The summed E-state index contributed by atoms with van der Waals surface area (Å²) in [4.78, 5) is 4.29. The predicted molar refractivity (Wildman–Crippen MR) is 62.7 cm³/mol. The van der Waals surface area contributed by atoms with Crippen LogP contribution < -0.4 is 0 Å². The first-order valence-electron chi connectivity index (χ1n) is 5.88. The van der Waals surface area contributed by atoms with Crippen LogP contribution in [0.15, 0.2) is 12.4 Å². The fraction of sp³-hybridized carbons (Fsp3) is 0.769. The second-order valence-corrected chi connectivity index (χ2v) is 6.34. The molecular weight excluding hydrogens is 184 g/mol. The van der Waals surface area contributed by atoms with Crippen LogP contribution in [-0.4, -0.2) is 9.55 Å². The van der Waals surface area contributed by atoms with Crippen LogP contribution in [0, 0.1) is 17.8 Å². The number of aromatic nitrogens is 2. The molecular formula is C13H22N2. The van der Waals surface area contributed by atoms with Crippen molar-refractivity contribution in [1.29, 1.82) is 0 Å². The molecule has 0 unspecified atom stereocenters. The third kappa shape index (κ3) is 2.61. The maximum atomic E-state index is 4.29. The first kappa shape index (κ1) is 10.7. The Bertz CT molecular complexity index is 340. The predicted octanol–water partition coefficient (Wildman–Crippen LogP) is 3.41. The SMILES string of the molecule is Cc1nccn1CC1(CC(C)(C)C)CC1. The first-order valence-corrected chi connectivity index (χ1v) is 5.88. The summed E-state index contributed by atoms with van der Waals surface area (Å²) in [5.41, 5.74) is 1.02. The van der Waals surface area contributed by atoms with Crippen molar-refractivity contribution >= 4 is 0 Å². The van der Waals surface area contributed by atoms with Gasteiger partial charge in [0.25, 0.3) is 0 Å². The third-order valence-electron chi connectivity index (χ3n) is 3.29. The third-order valence-corrected chi connectivity index (χ3v) is 3.29. The summed E-state index contributed by atoms with van der Waals surface area (Å²) in [7, 11) is 0. The van der Waals surface area contributed by atoms with Gasteiger partial charge in [-0.1, -0.05) is 20.8 Å². The van der Waals surface area contributed by atoms with Crippen molar-refractivity contribution in [2.75, 3.05) is 0 Å². The summed E-state index contributed by atoms with van der Waals surface area (Å²) in [6, 6.07) is 0. The molecule has 0 amide bonds. The van der Waals surface area contributed by atoms with Crippen molar-refractivity contribution < 1.29 is 0 Å². The van der Waals surface area contributed by atoms with E-state index >= 15 is 0 Å². The molecule has 0 atom stereocenters. The Labute approximate surface area is 92.7 Å². The second kappa shape index (κ2) is 3.36. The Morgan fingerprint density at radius 3 is 2.47 bits per heavy atom. The molecule has 0 aromatic carbocycles. The molecule has 2 nitrogen and oxygen atoms in total. The lowest BCUT2D eigenvalue weighted by molar-refractivity contribution is 0.251. The highest BCUT2D eigenvalue weighted by atomic mass is 15.1. The van der Waals surface area contributed by atoms with Crippen LogP contribution >= 0.6 is 0 Å². The van der Waals surface area contributed by atoms with Crippen LogP contribution in [0.5, 0.6) is 0 Å². The van der Waals surface area contributed by atoms with E-state index < -0.39 is 0 Å². The summed E-state index contributed by atoms with van der Waals surface area (Å²) in [6.07, 6.45) is 8.13. The van der Waals surface area contributed by atoms with E-state index in [1.165, 1.54) is 19.3 Å². The minimum atomic E-state index is 0.449. The fourth-order valence-electron chi connectivity index (χ4n) is 2.62. The molecule has 1 saturated carbocycles. The van der Waals surface area contributed by atoms with Crippen LogP contribution in [-0.2, 0) is 6.54 Å². The van der Waals surface area contributed by atoms with E-state index in [0.717, 1.165) is 12.4 Å². The molecule has 2 heteroatoms. The van der Waals surface area contributed by atoms with Crippen LogP contribution in [0.25, 0.3) is 0 Å². The molecule has 0 N–H and O–H groups in total. The molecule has 0 radical (unpaired) electrons. The van der Waals surface area contributed by atoms with Gasteiger partial charge in [-0.25, -0.2) is 4.98 Å². The summed E-state index contributed by atoms with van der Waals surface area (Å²) >= 11 is 0. The average molecular weight is 206 g/mol. The Balaban J connectivity index is 2.03. The summed E-state index contributed by atoms with van der Waals surface area (Å²) in [5.74, 6) is 1.15. The van der Waals surface area contributed by atoms with Gasteiger partial charge >= 0.3 is 0 Å². The number of aryl methyl sites for hydroxylation is 1. The minimum absolute atomic E-state index is 0.449. The first-order chi connectivity index (χ1) is 6.90. The standard InChI is InChI=1S/C13H22N2/c1-11-14-7-8-15(11)10-13(5-6-13)9-12(2,3)4/h7-8H,5-6,9-10H2,1-4H3. The van der Waals surface area contributed by atoms with Crippen molar-refractivity contribution in [2.45, 2.75) is 53.5 Å². The van der Waals surface area contributed by atoms with Crippen molar-refractivity contribution in [1.82, 2.24) is 9.55 Å². The lowest BCUT2D eigenvalue weighted by Crippen LogP contribution is -2.19. The molecule has 0 bridgehead atoms. The number of hydrogen-bond donors (Lipinski definition) is 0. The van der Waals surface area contributed by atoms with E-state index in [1.54, 1.807) is 0 Å². The molecule has 1 aliphatic carbocycles. The maximum absolute atomic E-state index is 4.29. The molecule has 1 fully saturated rings. The van der Waals surface area contributed by atoms with Gasteiger partial charge in [0.15, 0.2) is 0 Å². The molecule has 84 valence electrons. The van der Waals surface area contributed by atoms with E-state index in [-0.39, 0.29) is 0 Å². The monoisotopic (exact) mass is 206 g/mol. The molecule has 0 saturated heterocycles. The molecule has 1 heterocycles. The van der Waals surface area contributed by atoms with Crippen molar-refractivity contribution in [3.63, 3.8) is 0 Å². The van der Waals surface area contributed by atoms with Gasteiger partial charge in [-0.3, -0.25) is 0 Å². The van der Waals surface area contributed by atoms with Gasteiger partial charge in [-0.2, -0.15) is 0 Å². The Morgan fingerprint density at radius 2 is 2.07 bits per heavy atom. The van der Waals surface area contributed by atoms with Gasteiger partial charge in [0, 0.05) is 18.9 Å². The molecule has 1 aromatic rings. The number of hydrogen-bond acceptors (Lipinski definition) is 1. The van der Waals surface area contributed by atoms with Crippen molar-refractivity contribution in [3.05, 3.63) is 18.2 Å². The molecule has 15 heavy (non-hydrogen) atoms. The minimum Gasteiger partial charge on any atom is -0.335 e. The lowest BCUT2D eigenvalue weighted by Gasteiger charge is -2.26. The number of nitrogens with zero attached hydrogens (tertiary/aromatic N) is 2. The van der Waals surface area contributed by atoms with Crippen LogP contribution in [0.2, 0.25) is 0 Å². The van der Waals surface area contributed by atoms with Gasteiger partial charge < -0.3 is 4.57 Å². The summed E-state index contributed by atoms with van der Waals surface area (Å²) in [5, 5.41) is 0. The van der Waals surface area contributed by atoms with Gasteiger partial charge in [-0.05, 0) is 37.0 Å². The molecule has 0 aliphatic heterocycles. The van der Waals surface area contributed by atoms with Crippen molar-refractivity contribution in [3.8, 4) is 0 Å². The van der Waals surface area contributed by atoms with Gasteiger partial charge in [0.1, 0.15) is 5.82 Å². The van der Waals surface area contributed by atoms with Crippen LogP contribution in [0.1, 0.15) is 45.9 Å². The van der Waals surface area contributed by atoms with E-state index in [4.69, 9.17) is 0 Å². The highest BCUT2D eigenvalue weighted by molar-refractivity contribution is 4.99. The molecule has 2 rings (SSSR count). The smallest absolute Gasteiger partial charge is 0.105 e. The largest absolute Gasteiger partial charge is 0.335 e. The normalized spacial score (nSPS) is 19.2. The molecule has 0 spiro atoms. The summed E-state index contributed by atoms with van der Waals surface area (Å²) < 4.78 is 2.30. The topological polar surface area (TPSA) is 17.8 Å². The van der Waals surface area contributed by atoms with Gasteiger partial charge in [0.05, 0.1) is 0 Å². The van der Waals surface area contributed by atoms with Crippen LogP contribution in [0.3, 0.4) is 0 Å². The zero-order valence-electron chi connectivity index (χ0n) is 10.4. The Morgan fingerprint density at radius 1 is 1.40 bits per heavy atom. The molecule has 1 aromatic heterocycles. The van der Waals surface area contributed by atoms with Gasteiger partial charge in [-0.15, -0.1) is 0 Å². The maximum Gasteiger partial charge on any atom is 0.105 e. The second-order valence-electron chi connectivity index (χ2n) is 6.34. The number of rotatable bonds is 3. The Hall–Kier alpha value is -0.790. The van der Waals surface area contributed by atoms with E-state index in [2.05, 4.69) is 43.4 Å². The van der Waals surface area contributed by atoms with Crippen molar-refractivity contribution in [2.24, 2.45) is 10.8 Å². The van der Waals surface area contributed by atoms with E-state index in [0.29, 0.717) is 10.8 Å². The number of imidazole rings is 1. The zero-order valence-corrected chi connectivity index (χ0v) is 10.4. The highest BCUT2D eigenvalue weighted by Crippen LogP contribution is 2.54. The van der Waals surface area contributed by atoms with Gasteiger partial charge in [0.2, 0.25) is 0 Å². The fourth-order valence-corrected chi connectivity index (χ4v) is 2.62. The lowest BCUT2D eigenvalue weighted by atomic mass is 9.82. The zero-order chi connectivity index (χ0) is 11.1. The van der Waals surface area contributed by atoms with E-state index in [1.807, 2.05) is 6.20 Å². The summed E-state index contributed by atoms with van der Waals surface area (Å²) in [6.45, 7) is 10.3. The van der Waals surface area contributed by atoms with Crippen LogP contribution in [0.4, 0.5) is 0 Å². The quantitative estimate of drug-likeness (QED) is 0.741. The average Bonchev–Trinajstić information content (AvgIpc) is 2.68. The molecule has 1 aliphatic rings. The Kier molecular flexibility index (Phi) is 2.40. The van der Waals surface area contributed by atoms with E-state index in [9.17, 15) is 0 Å². The highest BCUT2D eigenvalue weighted by Gasteiger charge is 2.45.